The molecule has 7 nitrogen and oxygen atoms in total. The van der Waals surface area contributed by atoms with E-state index in [-0.39, 0.29) is 17.6 Å². The van der Waals surface area contributed by atoms with Gasteiger partial charge >= 0.3 is 0 Å². The van der Waals surface area contributed by atoms with E-state index in [2.05, 4.69) is 20.6 Å². The fraction of sp³-hybridized carbons (Fsp3) is 0.0435. The lowest BCUT2D eigenvalue weighted by Crippen LogP contribution is -2.30. The van der Waals surface area contributed by atoms with Crippen LogP contribution in [0.15, 0.2) is 72.4 Å². The first-order valence-corrected chi connectivity index (χ1v) is 11.0. The number of thiophene rings is 1. The summed E-state index contributed by atoms with van der Waals surface area (Å²) in [5, 5.41) is 7.76. The van der Waals surface area contributed by atoms with Gasteiger partial charge in [-0.05, 0) is 41.8 Å². The molecule has 0 unspecified atom stereocenters. The summed E-state index contributed by atoms with van der Waals surface area (Å²) in [5.41, 5.74) is 3.18. The Morgan fingerprint density at radius 1 is 1.06 bits per heavy atom. The van der Waals surface area contributed by atoms with Gasteiger partial charge in [0, 0.05) is 23.5 Å². The van der Waals surface area contributed by atoms with E-state index in [4.69, 9.17) is 11.6 Å². The number of pyridine rings is 2. The molecule has 0 radical (unpaired) electrons. The number of hydrogen-bond donors (Lipinski definition) is 2. The largest absolute Gasteiger partial charge is 0.338 e. The molecule has 1 aliphatic heterocycles. The van der Waals surface area contributed by atoms with Gasteiger partial charge in [0.05, 0.1) is 23.5 Å². The van der Waals surface area contributed by atoms with Crippen LogP contribution in [0.1, 0.15) is 26.3 Å². The summed E-state index contributed by atoms with van der Waals surface area (Å²) in [4.78, 5) is 36.3. The van der Waals surface area contributed by atoms with Crippen LogP contribution in [-0.4, -0.2) is 21.8 Å². The van der Waals surface area contributed by atoms with E-state index < -0.39 is 0 Å². The van der Waals surface area contributed by atoms with Crippen molar-refractivity contribution in [2.75, 3.05) is 15.5 Å². The lowest BCUT2D eigenvalue weighted by Gasteiger charge is -2.23. The maximum absolute atomic E-state index is 13.6. The third-order valence-electron chi connectivity index (χ3n) is 5.02. The quantitative estimate of drug-likeness (QED) is 0.429. The number of anilines is 4. The number of benzene rings is 1. The van der Waals surface area contributed by atoms with Gasteiger partial charge in [-0.25, -0.2) is 9.97 Å². The minimum Gasteiger partial charge on any atom is -0.338 e. The Kier molecular flexibility index (Phi) is 5.30. The van der Waals surface area contributed by atoms with Gasteiger partial charge < -0.3 is 15.5 Å². The van der Waals surface area contributed by atoms with Crippen molar-refractivity contribution in [2.24, 2.45) is 0 Å². The second-order valence-corrected chi connectivity index (χ2v) is 8.55. The summed E-state index contributed by atoms with van der Waals surface area (Å²) in [6, 6.07) is 16.2. The Morgan fingerprint density at radius 2 is 1.94 bits per heavy atom. The number of amides is 2. The van der Waals surface area contributed by atoms with E-state index in [0.29, 0.717) is 27.8 Å². The highest BCUT2D eigenvalue weighted by atomic mass is 35.5. The Labute approximate surface area is 192 Å². The molecule has 0 bridgehead atoms. The van der Waals surface area contributed by atoms with Crippen LogP contribution in [0, 0.1) is 0 Å². The molecule has 0 saturated carbocycles. The van der Waals surface area contributed by atoms with Crippen LogP contribution in [0.5, 0.6) is 0 Å². The maximum Gasteiger partial charge on any atom is 0.259 e. The number of nitrogens with zero attached hydrogens (tertiary/aromatic N) is 3. The smallest absolute Gasteiger partial charge is 0.259 e. The van der Waals surface area contributed by atoms with Gasteiger partial charge in [0.2, 0.25) is 0 Å². The second kappa shape index (κ2) is 8.41. The number of carbonyl (C=O) groups excluding carboxylic acids is 2. The fourth-order valence-electron chi connectivity index (χ4n) is 3.48. The molecular weight excluding hydrogens is 446 g/mol. The van der Waals surface area contributed by atoms with Crippen molar-refractivity contribution in [3.05, 3.63) is 93.4 Å². The molecule has 0 aliphatic carbocycles. The molecule has 3 aromatic heterocycles. The molecule has 1 aliphatic rings. The van der Waals surface area contributed by atoms with E-state index in [0.717, 1.165) is 16.9 Å². The van der Waals surface area contributed by atoms with Crippen molar-refractivity contribution in [2.45, 2.75) is 6.54 Å². The number of hydrogen-bond acceptors (Lipinski definition) is 6. The van der Waals surface area contributed by atoms with Gasteiger partial charge in [-0.2, -0.15) is 0 Å². The molecule has 2 N–H and O–H groups in total. The highest BCUT2D eigenvalue weighted by Crippen LogP contribution is 2.35. The second-order valence-electron chi connectivity index (χ2n) is 7.04. The minimum absolute atomic E-state index is 0.220. The highest BCUT2D eigenvalue weighted by Gasteiger charge is 2.25. The summed E-state index contributed by atoms with van der Waals surface area (Å²) >= 11 is 7.33. The van der Waals surface area contributed by atoms with Crippen LogP contribution in [-0.2, 0) is 6.54 Å². The van der Waals surface area contributed by atoms with Crippen molar-refractivity contribution in [1.82, 2.24) is 9.97 Å². The molecule has 4 aromatic rings. The van der Waals surface area contributed by atoms with Crippen LogP contribution in [0.3, 0.4) is 0 Å². The molecule has 32 heavy (non-hydrogen) atoms. The number of rotatable bonds is 3. The van der Waals surface area contributed by atoms with E-state index in [1.54, 1.807) is 34.7 Å². The molecule has 9 heteroatoms. The number of fused-ring (bicyclic) bond motifs is 2. The van der Waals surface area contributed by atoms with Gasteiger partial charge in [-0.1, -0.05) is 29.8 Å². The van der Waals surface area contributed by atoms with Gasteiger partial charge in [-0.3, -0.25) is 9.59 Å². The summed E-state index contributed by atoms with van der Waals surface area (Å²) in [5.74, 6) is 0.386. The van der Waals surface area contributed by atoms with Crippen molar-refractivity contribution in [3.63, 3.8) is 0 Å². The summed E-state index contributed by atoms with van der Waals surface area (Å²) in [6.45, 7) is 0.348. The third kappa shape index (κ3) is 3.81. The van der Waals surface area contributed by atoms with E-state index >= 15 is 0 Å². The highest BCUT2D eigenvalue weighted by molar-refractivity contribution is 7.14. The van der Waals surface area contributed by atoms with Crippen molar-refractivity contribution in [3.8, 4) is 0 Å². The lowest BCUT2D eigenvalue weighted by atomic mass is 10.1. The Morgan fingerprint density at radius 3 is 2.78 bits per heavy atom. The molecular formula is C23H16ClN5O2S. The number of para-hydroxylation sites is 2. The van der Waals surface area contributed by atoms with Crippen molar-refractivity contribution in [1.29, 1.82) is 0 Å². The standard InChI is InChI=1S/C23H16ClN5O2S/c24-20-16(8-11-32-20)22(30)28-19-12-14(7-10-25-19)23(31)29-13-15-4-3-9-26-21(15)27-17-5-1-2-6-18(17)29/h1-12H,13H2,(H,26,27)(H,25,28,30). The van der Waals surface area contributed by atoms with Crippen LogP contribution >= 0.6 is 22.9 Å². The normalized spacial score (nSPS) is 12.2. The number of aromatic nitrogens is 2. The Bertz CT molecular complexity index is 1340. The number of nitrogens with one attached hydrogen (secondary N) is 2. The zero-order valence-corrected chi connectivity index (χ0v) is 18.2. The monoisotopic (exact) mass is 461 g/mol. The number of carbonyl (C=O) groups is 2. The fourth-order valence-corrected chi connectivity index (χ4v) is 4.40. The predicted molar refractivity (Wildman–Crippen MR) is 126 cm³/mol. The van der Waals surface area contributed by atoms with Crippen LogP contribution in [0.25, 0.3) is 0 Å². The molecule has 0 atom stereocenters. The molecule has 158 valence electrons. The first-order chi connectivity index (χ1) is 15.6. The average molecular weight is 462 g/mol. The van der Waals surface area contributed by atoms with E-state index in [9.17, 15) is 9.59 Å². The topological polar surface area (TPSA) is 87.2 Å². The van der Waals surface area contributed by atoms with Gasteiger partial charge in [0.15, 0.2) is 0 Å². The first-order valence-electron chi connectivity index (χ1n) is 9.72. The maximum atomic E-state index is 13.6. The molecule has 0 fully saturated rings. The van der Waals surface area contributed by atoms with Gasteiger partial charge in [0.25, 0.3) is 11.8 Å². The molecule has 0 saturated heterocycles. The van der Waals surface area contributed by atoms with E-state index in [1.165, 1.54) is 17.5 Å². The summed E-state index contributed by atoms with van der Waals surface area (Å²) in [7, 11) is 0. The zero-order chi connectivity index (χ0) is 22.1. The third-order valence-corrected chi connectivity index (χ3v) is 6.19. The molecule has 0 spiro atoms. The zero-order valence-electron chi connectivity index (χ0n) is 16.6. The first kappa shape index (κ1) is 20.2. The van der Waals surface area contributed by atoms with Crippen LogP contribution in [0.4, 0.5) is 23.0 Å². The van der Waals surface area contributed by atoms with E-state index in [1.807, 2.05) is 36.4 Å². The average Bonchev–Trinajstić information content (AvgIpc) is 3.17. The van der Waals surface area contributed by atoms with Crippen molar-refractivity contribution >= 4 is 57.8 Å². The van der Waals surface area contributed by atoms with Crippen molar-refractivity contribution < 1.29 is 9.59 Å². The van der Waals surface area contributed by atoms with Gasteiger partial charge in [0.1, 0.15) is 16.0 Å². The Hall–Kier alpha value is -3.75. The Balaban J connectivity index is 1.47. The minimum atomic E-state index is -0.377. The van der Waals surface area contributed by atoms with Crippen LogP contribution < -0.4 is 15.5 Å². The predicted octanol–water partition coefficient (Wildman–Crippen LogP) is 5.35. The van der Waals surface area contributed by atoms with Crippen LogP contribution in [0.2, 0.25) is 4.34 Å². The molecule has 5 rings (SSSR count). The summed E-state index contributed by atoms with van der Waals surface area (Å²) < 4.78 is 0.399. The lowest BCUT2D eigenvalue weighted by molar-refractivity contribution is 0.0982. The SMILES string of the molecule is O=C(Nc1cc(C(=O)N2Cc3cccnc3Nc3ccccc32)ccn1)c1ccsc1Cl. The molecule has 1 aromatic carbocycles. The summed E-state index contributed by atoms with van der Waals surface area (Å²) in [6.07, 6.45) is 3.21. The molecule has 2 amide bonds. The van der Waals surface area contributed by atoms with Gasteiger partial charge in [-0.15, -0.1) is 11.3 Å². The molecule has 4 heterocycles. The number of halogens is 1.